The van der Waals surface area contributed by atoms with Crippen molar-refractivity contribution in [1.82, 2.24) is 20.9 Å². The number of likely N-dealkylation sites (tertiary alicyclic amines) is 1. The number of fused-ring (bicyclic) bond motifs is 1. The number of amides is 4. The lowest BCUT2D eigenvalue weighted by Gasteiger charge is -2.33. The van der Waals surface area contributed by atoms with E-state index in [1.807, 2.05) is 26.8 Å². The molecule has 4 N–H and O–H groups in total. The topological polar surface area (TPSA) is 154 Å². The van der Waals surface area contributed by atoms with Crippen molar-refractivity contribution in [1.29, 1.82) is 0 Å². The van der Waals surface area contributed by atoms with Crippen LogP contribution in [-0.2, 0) is 30.3 Å². The zero-order valence-electron chi connectivity index (χ0n) is 26.5. The highest BCUT2D eigenvalue weighted by atomic mass is 16.6. The molecule has 2 aliphatic rings. The van der Waals surface area contributed by atoms with Crippen molar-refractivity contribution >= 4 is 29.8 Å². The van der Waals surface area contributed by atoms with Crippen LogP contribution >= 0.6 is 0 Å². The van der Waals surface area contributed by atoms with Crippen LogP contribution in [0, 0.1) is 17.8 Å². The fraction of sp³-hybridized carbons (Fsp3) is 0.606. The van der Waals surface area contributed by atoms with Crippen molar-refractivity contribution in [2.45, 2.75) is 103 Å². The highest BCUT2D eigenvalue weighted by Gasteiger charge is 2.51. The summed E-state index contributed by atoms with van der Waals surface area (Å²) in [5, 5.41) is 18.0. The predicted octanol–water partition coefficient (Wildman–Crippen LogP) is 3.43. The van der Waals surface area contributed by atoms with Crippen molar-refractivity contribution in [3.05, 3.63) is 48.0 Å². The van der Waals surface area contributed by atoms with Crippen LogP contribution in [0.3, 0.4) is 0 Å². The molecule has 0 aromatic heterocycles. The zero-order valence-corrected chi connectivity index (χ0v) is 26.5. The molecule has 1 aliphatic heterocycles. The van der Waals surface area contributed by atoms with E-state index in [0.29, 0.717) is 19.4 Å². The van der Waals surface area contributed by atoms with Gasteiger partial charge >= 0.3 is 12.1 Å². The van der Waals surface area contributed by atoms with Crippen LogP contribution in [0.5, 0.6) is 0 Å². The van der Waals surface area contributed by atoms with E-state index in [1.54, 1.807) is 43.0 Å². The summed E-state index contributed by atoms with van der Waals surface area (Å²) < 4.78 is 5.21. The Labute approximate surface area is 260 Å². The molecule has 0 spiro atoms. The van der Waals surface area contributed by atoms with Gasteiger partial charge in [-0.3, -0.25) is 14.4 Å². The van der Waals surface area contributed by atoms with Crippen molar-refractivity contribution in [3.8, 4) is 0 Å². The molecule has 3 rings (SSSR count). The molecule has 242 valence electrons. The molecular formula is C33H48N4O7. The number of carboxylic acid groups (broad SMARTS) is 1. The summed E-state index contributed by atoms with van der Waals surface area (Å²) in [6.07, 6.45) is 2.73. The van der Waals surface area contributed by atoms with E-state index in [-0.39, 0.29) is 47.7 Å². The fourth-order valence-corrected chi connectivity index (χ4v) is 6.27. The summed E-state index contributed by atoms with van der Waals surface area (Å²) in [7, 11) is 0. The predicted molar refractivity (Wildman–Crippen MR) is 165 cm³/mol. The van der Waals surface area contributed by atoms with Gasteiger partial charge in [-0.05, 0) is 56.4 Å². The fourth-order valence-electron chi connectivity index (χ4n) is 6.27. The zero-order chi connectivity index (χ0) is 32.6. The molecule has 11 nitrogen and oxygen atoms in total. The number of rotatable bonds is 14. The molecule has 11 heteroatoms. The lowest BCUT2D eigenvalue weighted by molar-refractivity contribution is -0.142. The average Bonchev–Trinajstić information content (AvgIpc) is 3.56. The molecule has 1 heterocycles. The number of nitrogens with zero attached hydrogens (tertiary/aromatic N) is 1. The first kappa shape index (κ1) is 34.6. The summed E-state index contributed by atoms with van der Waals surface area (Å²) in [5.74, 6) is -2.69. The molecular weight excluding hydrogens is 564 g/mol. The third kappa shape index (κ3) is 8.83. The molecule has 2 fully saturated rings. The largest absolute Gasteiger partial charge is 0.480 e. The van der Waals surface area contributed by atoms with Gasteiger partial charge < -0.3 is 30.7 Å². The van der Waals surface area contributed by atoms with E-state index in [0.717, 1.165) is 24.8 Å². The lowest BCUT2D eigenvalue weighted by Crippen LogP contribution is -2.57. The van der Waals surface area contributed by atoms with Crippen LogP contribution in [0.2, 0.25) is 0 Å². The highest BCUT2D eigenvalue weighted by molar-refractivity contribution is 5.98. The minimum atomic E-state index is -1.18. The summed E-state index contributed by atoms with van der Waals surface area (Å²) >= 11 is 0. The number of alkyl carbamates (subject to hydrolysis) is 1. The molecule has 1 unspecified atom stereocenters. The minimum Gasteiger partial charge on any atom is -0.480 e. The minimum absolute atomic E-state index is 0.0407. The van der Waals surface area contributed by atoms with Gasteiger partial charge in [0, 0.05) is 18.5 Å². The van der Waals surface area contributed by atoms with E-state index in [4.69, 9.17) is 4.74 Å². The van der Waals surface area contributed by atoms with Gasteiger partial charge in [-0.15, -0.1) is 0 Å². The molecule has 6 atom stereocenters. The highest BCUT2D eigenvalue weighted by Crippen LogP contribution is 2.42. The molecule has 4 amide bonds. The van der Waals surface area contributed by atoms with Crippen LogP contribution in [-0.4, -0.2) is 76.6 Å². The lowest BCUT2D eigenvalue weighted by atomic mass is 9.92. The smallest absolute Gasteiger partial charge is 0.408 e. The first-order valence-electron chi connectivity index (χ1n) is 15.7. The summed E-state index contributed by atoms with van der Waals surface area (Å²) in [4.78, 5) is 67.0. The van der Waals surface area contributed by atoms with Crippen LogP contribution < -0.4 is 16.0 Å². The van der Waals surface area contributed by atoms with Gasteiger partial charge in [0.25, 0.3) is 0 Å². The first-order valence-corrected chi connectivity index (χ1v) is 15.7. The monoisotopic (exact) mass is 612 g/mol. The summed E-state index contributed by atoms with van der Waals surface area (Å²) in [6.45, 7) is 13.4. The number of hydrogen-bond donors (Lipinski definition) is 4. The number of carbonyl (C=O) groups is 5. The van der Waals surface area contributed by atoms with Gasteiger partial charge in [-0.25, -0.2) is 9.59 Å². The van der Waals surface area contributed by atoms with Crippen molar-refractivity contribution in [3.63, 3.8) is 0 Å². The van der Waals surface area contributed by atoms with Crippen LogP contribution in [0.15, 0.2) is 42.5 Å². The van der Waals surface area contributed by atoms with Gasteiger partial charge in [0.15, 0.2) is 0 Å². The van der Waals surface area contributed by atoms with Crippen LogP contribution in [0.1, 0.15) is 72.3 Å². The Morgan fingerprint density at radius 1 is 1.00 bits per heavy atom. The van der Waals surface area contributed by atoms with Gasteiger partial charge in [0.1, 0.15) is 18.1 Å². The van der Waals surface area contributed by atoms with E-state index in [1.165, 1.54) is 0 Å². The van der Waals surface area contributed by atoms with Gasteiger partial charge in [-0.1, -0.05) is 70.5 Å². The maximum atomic E-state index is 14.0. The standard InChI is InChI=1S/C33H48N4O7/c1-7-12-25(21(6)29(38)35-26(32(41)42)17-22-13-9-8-10-14-22)34-30(39)28-24-16-11-15-23(24)18-37(28)31(40)27(19(2)3)36-33(43)44-20(4)5/h8-10,13-14,19-20,23-28H,6-7,11-12,15-18H2,1-5H3,(H,34,39)(H,35,38)(H,36,43)(H,41,42)/t23-,24-,25?,26-,27-,28-/m0/s1. The number of nitrogens with one attached hydrogen (secondary N) is 3. The van der Waals surface area contributed by atoms with E-state index >= 15 is 0 Å². The first-order chi connectivity index (χ1) is 20.8. The number of hydrogen-bond acceptors (Lipinski definition) is 6. The molecule has 1 aromatic rings. The molecule has 1 saturated heterocycles. The summed E-state index contributed by atoms with van der Waals surface area (Å²) in [6, 6.07) is 5.42. The van der Waals surface area contributed by atoms with Crippen LogP contribution in [0.4, 0.5) is 4.79 Å². The third-order valence-corrected chi connectivity index (χ3v) is 8.48. The van der Waals surface area contributed by atoms with E-state index < -0.39 is 42.1 Å². The average molecular weight is 613 g/mol. The Morgan fingerprint density at radius 3 is 2.27 bits per heavy atom. The van der Waals surface area contributed by atoms with Crippen molar-refractivity contribution < 1.29 is 33.8 Å². The SMILES string of the molecule is C=C(C(=O)N[C@@H](Cc1ccccc1)C(=O)O)C(CCC)NC(=O)[C@@H]1[C@H]2CCC[C@H]2CN1C(=O)[C@@H](NC(=O)OC(C)C)C(C)C. The Morgan fingerprint density at radius 2 is 1.68 bits per heavy atom. The Bertz CT molecular complexity index is 1200. The number of carboxylic acids is 1. The number of ether oxygens (including phenoxy) is 1. The number of benzene rings is 1. The summed E-state index contributed by atoms with van der Waals surface area (Å²) in [5.41, 5.74) is 0.810. The second-order valence-corrected chi connectivity index (χ2v) is 12.5. The van der Waals surface area contributed by atoms with Gasteiger partial charge in [-0.2, -0.15) is 0 Å². The Balaban J connectivity index is 1.77. The maximum Gasteiger partial charge on any atom is 0.408 e. The van der Waals surface area contributed by atoms with E-state index in [2.05, 4.69) is 22.5 Å². The quantitative estimate of drug-likeness (QED) is 0.235. The molecule has 1 aliphatic carbocycles. The molecule has 44 heavy (non-hydrogen) atoms. The maximum absolute atomic E-state index is 14.0. The molecule has 0 radical (unpaired) electrons. The second kappa shape index (κ2) is 15.7. The van der Waals surface area contributed by atoms with Gasteiger partial charge in [0.2, 0.25) is 17.7 Å². The van der Waals surface area contributed by atoms with Crippen molar-refractivity contribution in [2.24, 2.45) is 17.8 Å². The normalized spacial score (nSPS) is 21.2. The number of carbonyl (C=O) groups excluding carboxylic acids is 4. The van der Waals surface area contributed by atoms with E-state index in [9.17, 15) is 29.1 Å². The van der Waals surface area contributed by atoms with Gasteiger partial charge in [0.05, 0.1) is 12.1 Å². The molecule has 1 aromatic carbocycles. The Kier molecular flexibility index (Phi) is 12.4. The molecule has 1 saturated carbocycles. The number of aliphatic carboxylic acids is 1. The molecule has 0 bridgehead atoms. The van der Waals surface area contributed by atoms with Crippen LogP contribution in [0.25, 0.3) is 0 Å². The Hall–Kier alpha value is -3.89. The second-order valence-electron chi connectivity index (χ2n) is 12.5. The third-order valence-electron chi connectivity index (χ3n) is 8.48. The van der Waals surface area contributed by atoms with Crippen molar-refractivity contribution in [2.75, 3.05) is 6.54 Å².